The van der Waals surface area contributed by atoms with Gasteiger partial charge < -0.3 is 25.0 Å². The molecule has 1 aromatic rings. The number of aliphatic imine (C=N–C) groups is 1. The topological polar surface area (TPSA) is 58.1 Å². The number of rotatable bonds is 10. The third-order valence-electron chi connectivity index (χ3n) is 5.33. The van der Waals surface area contributed by atoms with E-state index in [4.69, 9.17) is 9.47 Å². The number of hydrogen-bond donors (Lipinski definition) is 2. The molecular formula is C22H38N4O2. The van der Waals surface area contributed by atoms with E-state index >= 15 is 0 Å². The van der Waals surface area contributed by atoms with Crippen molar-refractivity contribution in [2.45, 2.75) is 50.7 Å². The maximum Gasteiger partial charge on any atom is 0.191 e. The van der Waals surface area contributed by atoms with E-state index in [1.165, 1.54) is 37.7 Å². The van der Waals surface area contributed by atoms with Crippen LogP contribution in [0.4, 0.5) is 0 Å². The summed E-state index contributed by atoms with van der Waals surface area (Å²) in [7, 11) is 7.69. The number of ether oxygens (including phenoxy) is 2. The van der Waals surface area contributed by atoms with Crippen molar-refractivity contribution in [1.82, 2.24) is 15.5 Å². The smallest absolute Gasteiger partial charge is 0.191 e. The van der Waals surface area contributed by atoms with Crippen LogP contribution in [-0.2, 0) is 4.74 Å². The van der Waals surface area contributed by atoms with E-state index in [0.717, 1.165) is 37.8 Å². The van der Waals surface area contributed by atoms with Crippen molar-refractivity contribution in [3.05, 3.63) is 29.8 Å². The number of guanidine groups is 1. The summed E-state index contributed by atoms with van der Waals surface area (Å²) in [6.07, 6.45) is 7.95. The number of nitrogens with one attached hydrogen (secondary N) is 2. The maximum atomic E-state index is 5.99. The summed E-state index contributed by atoms with van der Waals surface area (Å²) in [6.45, 7) is 2.46. The molecule has 0 saturated heterocycles. The summed E-state index contributed by atoms with van der Waals surface area (Å²) < 4.78 is 11.2. The minimum absolute atomic E-state index is 0.249. The fourth-order valence-corrected chi connectivity index (χ4v) is 3.60. The zero-order valence-corrected chi connectivity index (χ0v) is 18.0. The van der Waals surface area contributed by atoms with Gasteiger partial charge in [-0.3, -0.25) is 4.99 Å². The van der Waals surface area contributed by atoms with Crippen molar-refractivity contribution in [3.8, 4) is 5.75 Å². The minimum atomic E-state index is 0.249. The standard InChI is InChI=1S/C22H38N4O2/c1-23-22(24-15-8-16-28-20-9-6-5-7-10-20)25-17-21(26(2)3)18-11-13-19(27-4)14-12-18/h11-14,20-21H,5-10,15-17H2,1-4H3,(H2,23,24,25). The van der Waals surface area contributed by atoms with Crippen LogP contribution in [0.15, 0.2) is 29.3 Å². The quantitative estimate of drug-likeness (QED) is 0.365. The average Bonchev–Trinajstić information content (AvgIpc) is 2.73. The molecule has 158 valence electrons. The van der Waals surface area contributed by atoms with Gasteiger partial charge in [0.05, 0.1) is 19.3 Å². The molecule has 28 heavy (non-hydrogen) atoms. The molecule has 0 heterocycles. The zero-order chi connectivity index (χ0) is 20.2. The van der Waals surface area contributed by atoms with Crippen LogP contribution < -0.4 is 15.4 Å². The van der Waals surface area contributed by atoms with Crippen LogP contribution in [0.25, 0.3) is 0 Å². The Bertz CT molecular complexity index is 568. The van der Waals surface area contributed by atoms with E-state index in [9.17, 15) is 0 Å². The molecule has 1 unspecified atom stereocenters. The maximum absolute atomic E-state index is 5.99. The van der Waals surface area contributed by atoms with Crippen LogP contribution >= 0.6 is 0 Å². The van der Waals surface area contributed by atoms with Crippen molar-refractivity contribution in [2.24, 2.45) is 4.99 Å². The third kappa shape index (κ3) is 7.68. The Morgan fingerprint density at radius 2 is 1.86 bits per heavy atom. The molecule has 6 heteroatoms. The van der Waals surface area contributed by atoms with Crippen LogP contribution in [0.5, 0.6) is 5.75 Å². The molecule has 0 spiro atoms. The van der Waals surface area contributed by atoms with Gasteiger partial charge in [-0.1, -0.05) is 31.4 Å². The molecule has 1 fully saturated rings. The Morgan fingerprint density at radius 3 is 2.46 bits per heavy atom. The Labute approximate surface area is 170 Å². The summed E-state index contributed by atoms with van der Waals surface area (Å²) in [5.41, 5.74) is 1.25. The molecule has 1 saturated carbocycles. The number of likely N-dealkylation sites (N-methyl/N-ethyl adjacent to an activating group) is 1. The highest BCUT2D eigenvalue weighted by molar-refractivity contribution is 5.79. The SMILES string of the molecule is CN=C(NCCCOC1CCCCC1)NCC(c1ccc(OC)cc1)N(C)C. The zero-order valence-electron chi connectivity index (χ0n) is 18.0. The molecule has 0 bridgehead atoms. The van der Waals surface area contributed by atoms with E-state index in [1.807, 2.05) is 19.2 Å². The van der Waals surface area contributed by atoms with Gasteiger partial charge in [0.2, 0.25) is 0 Å². The first-order valence-corrected chi connectivity index (χ1v) is 10.5. The molecule has 0 amide bonds. The molecule has 2 N–H and O–H groups in total. The van der Waals surface area contributed by atoms with Gasteiger partial charge in [0.25, 0.3) is 0 Å². The first kappa shape index (κ1) is 22.5. The highest BCUT2D eigenvalue weighted by Crippen LogP contribution is 2.21. The predicted molar refractivity (Wildman–Crippen MR) is 116 cm³/mol. The fourth-order valence-electron chi connectivity index (χ4n) is 3.60. The largest absolute Gasteiger partial charge is 0.497 e. The summed E-state index contributed by atoms with van der Waals surface area (Å²) in [6, 6.07) is 8.49. The van der Waals surface area contributed by atoms with E-state index < -0.39 is 0 Å². The van der Waals surface area contributed by atoms with Crippen molar-refractivity contribution >= 4 is 5.96 Å². The molecule has 2 rings (SSSR count). The van der Waals surface area contributed by atoms with Crippen molar-refractivity contribution < 1.29 is 9.47 Å². The van der Waals surface area contributed by atoms with Gasteiger partial charge >= 0.3 is 0 Å². The second-order valence-corrected chi connectivity index (χ2v) is 7.62. The highest BCUT2D eigenvalue weighted by atomic mass is 16.5. The van der Waals surface area contributed by atoms with E-state index in [2.05, 4.69) is 46.8 Å². The van der Waals surface area contributed by atoms with Crippen LogP contribution in [0.2, 0.25) is 0 Å². The van der Waals surface area contributed by atoms with Gasteiger partial charge in [-0.2, -0.15) is 0 Å². The molecule has 6 nitrogen and oxygen atoms in total. The van der Waals surface area contributed by atoms with Crippen LogP contribution in [0.3, 0.4) is 0 Å². The Kier molecular flexibility index (Phi) is 10.1. The van der Waals surface area contributed by atoms with Gasteiger partial charge in [0.15, 0.2) is 5.96 Å². The summed E-state index contributed by atoms with van der Waals surface area (Å²) >= 11 is 0. The predicted octanol–water partition coefficient (Wildman–Crippen LogP) is 3.20. The minimum Gasteiger partial charge on any atom is -0.497 e. The first-order chi connectivity index (χ1) is 13.6. The number of benzene rings is 1. The number of nitrogens with zero attached hydrogens (tertiary/aromatic N) is 2. The first-order valence-electron chi connectivity index (χ1n) is 10.5. The molecule has 0 radical (unpaired) electrons. The second-order valence-electron chi connectivity index (χ2n) is 7.62. The lowest BCUT2D eigenvalue weighted by Crippen LogP contribution is -2.42. The van der Waals surface area contributed by atoms with Crippen molar-refractivity contribution in [2.75, 3.05) is 47.9 Å². The molecule has 1 atom stereocenters. The normalized spacial score (nSPS) is 16.8. The Morgan fingerprint density at radius 1 is 1.14 bits per heavy atom. The lowest BCUT2D eigenvalue weighted by atomic mass is 9.98. The molecule has 0 aliphatic heterocycles. The lowest BCUT2D eigenvalue weighted by molar-refractivity contribution is 0.0277. The van der Waals surface area contributed by atoms with Gasteiger partial charge in [-0.05, 0) is 51.1 Å². The fraction of sp³-hybridized carbons (Fsp3) is 0.682. The summed E-state index contributed by atoms with van der Waals surface area (Å²) in [5.74, 6) is 1.71. The van der Waals surface area contributed by atoms with Crippen LogP contribution in [-0.4, -0.2) is 64.9 Å². The third-order valence-corrected chi connectivity index (χ3v) is 5.33. The Balaban J connectivity index is 1.71. The second kappa shape index (κ2) is 12.6. The van der Waals surface area contributed by atoms with E-state index in [1.54, 1.807) is 7.11 Å². The number of hydrogen-bond acceptors (Lipinski definition) is 4. The molecule has 1 aliphatic carbocycles. The molecular weight excluding hydrogens is 352 g/mol. The molecule has 1 aliphatic rings. The highest BCUT2D eigenvalue weighted by Gasteiger charge is 2.15. The molecule has 0 aromatic heterocycles. The monoisotopic (exact) mass is 390 g/mol. The van der Waals surface area contributed by atoms with E-state index in [0.29, 0.717) is 6.10 Å². The average molecular weight is 391 g/mol. The van der Waals surface area contributed by atoms with Crippen LogP contribution in [0, 0.1) is 0 Å². The van der Waals surface area contributed by atoms with Gasteiger partial charge in [-0.15, -0.1) is 0 Å². The summed E-state index contributed by atoms with van der Waals surface area (Å²) in [4.78, 5) is 6.55. The van der Waals surface area contributed by atoms with Crippen molar-refractivity contribution in [3.63, 3.8) is 0 Å². The molecule has 1 aromatic carbocycles. The van der Waals surface area contributed by atoms with Gasteiger partial charge in [-0.25, -0.2) is 0 Å². The summed E-state index contributed by atoms with van der Waals surface area (Å²) in [5, 5.41) is 6.83. The Hall–Kier alpha value is -1.79. The lowest BCUT2D eigenvalue weighted by Gasteiger charge is -2.26. The van der Waals surface area contributed by atoms with E-state index in [-0.39, 0.29) is 6.04 Å². The van der Waals surface area contributed by atoms with Crippen molar-refractivity contribution in [1.29, 1.82) is 0 Å². The van der Waals surface area contributed by atoms with Gasteiger partial charge in [0, 0.05) is 26.7 Å². The van der Waals surface area contributed by atoms with Gasteiger partial charge in [0.1, 0.15) is 5.75 Å². The van der Waals surface area contributed by atoms with Crippen LogP contribution in [0.1, 0.15) is 50.1 Å². The number of methoxy groups -OCH3 is 1.